The highest BCUT2D eigenvalue weighted by atomic mass is 79.9. The van der Waals surface area contributed by atoms with Gasteiger partial charge in [-0.3, -0.25) is 9.69 Å². The van der Waals surface area contributed by atoms with E-state index >= 15 is 0 Å². The molecule has 0 spiro atoms. The van der Waals surface area contributed by atoms with E-state index in [0.717, 1.165) is 42.5 Å². The average Bonchev–Trinajstić information content (AvgIpc) is 2.66. The minimum Gasteiger partial charge on any atom is -0.299 e. The number of rotatable bonds is 5. The minimum atomic E-state index is -0.291. The van der Waals surface area contributed by atoms with Gasteiger partial charge < -0.3 is 0 Å². The van der Waals surface area contributed by atoms with Crippen LogP contribution in [-0.2, 0) is 11.3 Å². The van der Waals surface area contributed by atoms with Crippen LogP contribution < -0.4 is 5.43 Å². The lowest BCUT2D eigenvalue weighted by Crippen LogP contribution is -2.39. The zero-order valence-corrected chi connectivity index (χ0v) is 16.0. The molecule has 1 N–H and O–H groups in total. The van der Waals surface area contributed by atoms with Crippen LogP contribution in [0.3, 0.4) is 0 Å². The Kier molecular flexibility index (Phi) is 6.52. The third kappa shape index (κ3) is 5.47. The van der Waals surface area contributed by atoms with Crippen molar-refractivity contribution in [2.45, 2.75) is 19.4 Å². The molecule has 1 aliphatic heterocycles. The molecule has 26 heavy (non-hydrogen) atoms. The second-order valence-electron chi connectivity index (χ2n) is 6.46. The topological polar surface area (TPSA) is 44.7 Å². The number of nitrogens with one attached hydrogen (secondary N) is 1. The fourth-order valence-electron chi connectivity index (χ4n) is 3.01. The van der Waals surface area contributed by atoms with Gasteiger partial charge in [-0.25, -0.2) is 9.82 Å². The summed E-state index contributed by atoms with van der Waals surface area (Å²) in [5.74, 6) is -0.353. The molecule has 1 aliphatic rings. The Hall–Kier alpha value is -2.05. The number of benzene rings is 2. The largest absolute Gasteiger partial charge is 0.299 e. The van der Waals surface area contributed by atoms with Crippen LogP contribution in [0.15, 0.2) is 58.1 Å². The maximum Gasteiger partial charge on any atom is 0.243 e. The Morgan fingerprint density at radius 2 is 1.81 bits per heavy atom. The molecule has 6 heteroatoms. The first-order valence-corrected chi connectivity index (χ1v) is 9.45. The number of piperidine rings is 1. The van der Waals surface area contributed by atoms with Gasteiger partial charge in [-0.1, -0.05) is 40.2 Å². The summed E-state index contributed by atoms with van der Waals surface area (Å²) in [5, 5.41) is 3.98. The van der Waals surface area contributed by atoms with Crippen LogP contribution in [0, 0.1) is 11.7 Å². The van der Waals surface area contributed by atoms with Gasteiger partial charge in [-0.2, -0.15) is 5.10 Å². The molecule has 2 aromatic rings. The third-order valence-corrected chi connectivity index (χ3v) is 5.06. The van der Waals surface area contributed by atoms with Crippen molar-refractivity contribution in [1.29, 1.82) is 0 Å². The van der Waals surface area contributed by atoms with Crippen LogP contribution in [0.5, 0.6) is 0 Å². The molecule has 1 saturated heterocycles. The SMILES string of the molecule is O=C(N/N=C/c1ccc(F)cc1)C1CCN(Cc2ccc(Br)cc2)CC1. The number of halogens is 2. The number of hydrazone groups is 1. The van der Waals surface area contributed by atoms with E-state index in [2.05, 4.69) is 55.6 Å². The first-order chi connectivity index (χ1) is 12.6. The summed E-state index contributed by atoms with van der Waals surface area (Å²) in [6.07, 6.45) is 3.18. The quantitative estimate of drug-likeness (QED) is 0.591. The molecule has 0 bridgehead atoms. The van der Waals surface area contributed by atoms with Crippen molar-refractivity contribution in [1.82, 2.24) is 10.3 Å². The molecule has 0 radical (unpaired) electrons. The predicted molar refractivity (Wildman–Crippen MR) is 104 cm³/mol. The number of hydrogen-bond donors (Lipinski definition) is 1. The van der Waals surface area contributed by atoms with E-state index in [-0.39, 0.29) is 17.6 Å². The number of likely N-dealkylation sites (tertiary alicyclic amines) is 1. The Morgan fingerprint density at radius 3 is 2.46 bits per heavy atom. The molecule has 0 saturated carbocycles. The molecule has 0 aliphatic carbocycles. The molecule has 136 valence electrons. The van der Waals surface area contributed by atoms with Gasteiger partial charge >= 0.3 is 0 Å². The van der Waals surface area contributed by atoms with Gasteiger partial charge in [-0.05, 0) is 61.3 Å². The van der Waals surface area contributed by atoms with Gasteiger partial charge in [-0.15, -0.1) is 0 Å². The van der Waals surface area contributed by atoms with Gasteiger partial charge in [0, 0.05) is 16.9 Å². The van der Waals surface area contributed by atoms with E-state index in [0.29, 0.717) is 0 Å². The fourth-order valence-corrected chi connectivity index (χ4v) is 3.28. The number of nitrogens with zero attached hydrogens (tertiary/aromatic N) is 2. The van der Waals surface area contributed by atoms with Crippen molar-refractivity contribution >= 4 is 28.1 Å². The first-order valence-electron chi connectivity index (χ1n) is 8.65. The van der Waals surface area contributed by atoms with Crippen molar-refractivity contribution in [2.75, 3.05) is 13.1 Å². The number of carbonyl (C=O) groups excluding carboxylic acids is 1. The lowest BCUT2D eigenvalue weighted by molar-refractivity contribution is -0.126. The summed E-state index contributed by atoms with van der Waals surface area (Å²) in [6.45, 7) is 2.70. The maximum atomic E-state index is 12.8. The number of carbonyl (C=O) groups is 1. The van der Waals surface area contributed by atoms with Crippen LogP contribution in [0.1, 0.15) is 24.0 Å². The molecule has 1 heterocycles. The van der Waals surface area contributed by atoms with Crippen molar-refractivity contribution < 1.29 is 9.18 Å². The lowest BCUT2D eigenvalue weighted by atomic mass is 9.96. The third-order valence-electron chi connectivity index (χ3n) is 4.54. The predicted octanol–water partition coefficient (Wildman–Crippen LogP) is 3.95. The molecular weight excluding hydrogens is 397 g/mol. The summed E-state index contributed by atoms with van der Waals surface area (Å²) >= 11 is 3.45. The second kappa shape index (κ2) is 9.05. The molecule has 3 rings (SSSR count). The van der Waals surface area contributed by atoms with Gasteiger partial charge in [0.15, 0.2) is 0 Å². The molecular formula is C20H21BrFN3O. The van der Waals surface area contributed by atoms with E-state index in [1.807, 2.05) is 0 Å². The molecule has 0 aromatic heterocycles. The van der Waals surface area contributed by atoms with Crippen molar-refractivity contribution in [2.24, 2.45) is 11.0 Å². The number of hydrogen-bond acceptors (Lipinski definition) is 3. The van der Waals surface area contributed by atoms with Crippen LogP contribution >= 0.6 is 15.9 Å². The summed E-state index contributed by atoms with van der Waals surface area (Å²) in [7, 11) is 0. The molecule has 0 atom stereocenters. The minimum absolute atomic E-state index is 0.0125. The highest BCUT2D eigenvalue weighted by Crippen LogP contribution is 2.20. The van der Waals surface area contributed by atoms with E-state index in [9.17, 15) is 9.18 Å². The summed E-state index contributed by atoms with van der Waals surface area (Å²) in [4.78, 5) is 14.6. The zero-order valence-electron chi connectivity index (χ0n) is 14.4. The highest BCUT2D eigenvalue weighted by Gasteiger charge is 2.24. The smallest absolute Gasteiger partial charge is 0.243 e. The maximum absolute atomic E-state index is 12.8. The Labute approximate surface area is 161 Å². The molecule has 4 nitrogen and oxygen atoms in total. The van der Waals surface area contributed by atoms with E-state index in [1.54, 1.807) is 12.1 Å². The van der Waals surface area contributed by atoms with Crippen LogP contribution in [0.25, 0.3) is 0 Å². The molecule has 2 aromatic carbocycles. The van der Waals surface area contributed by atoms with Crippen LogP contribution in [0.2, 0.25) is 0 Å². The summed E-state index contributed by atoms with van der Waals surface area (Å²) in [5.41, 5.74) is 4.62. The Morgan fingerprint density at radius 1 is 1.15 bits per heavy atom. The average molecular weight is 418 g/mol. The van der Waals surface area contributed by atoms with Crippen molar-refractivity contribution in [3.8, 4) is 0 Å². The van der Waals surface area contributed by atoms with Gasteiger partial charge in [0.1, 0.15) is 5.82 Å². The van der Waals surface area contributed by atoms with Gasteiger partial charge in [0.2, 0.25) is 5.91 Å². The molecule has 0 unspecified atom stereocenters. The van der Waals surface area contributed by atoms with Crippen LogP contribution in [0.4, 0.5) is 4.39 Å². The highest BCUT2D eigenvalue weighted by molar-refractivity contribution is 9.10. The first kappa shape index (κ1) is 18.7. The zero-order chi connectivity index (χ0) is 18.4. The monoisotopic (exact) mass is 417 g/mol. The standard InChI is InChI=1S/C20H21BrFN3O/c21-18-5-1-16(2-6-18)14-25-11-9-17(10-12-25)20(26)24-23-13-15-3-7-19(22)8-4-15/h1-8,13,17H,9-12,14H2,(H,24,26)/b23-13+. The summed E-state index contributed by atoms with van der Waals surface area (Å²) < 4.78 is 13.9. The van der Waals surface area contributed by atoms with Gasteiger partial charge in [0.05, 0.1) is 6.21 Å². The molecule has 1 fully saturated rings. The second-order valence-corrected chi connectivity index (χ2v) is 7.38. The fraction of sp³-hybridized carbons (Fsp3) is 0.300. The van der Waals surface area contributed by atoms with Crippen molar-refractivity contribution in [3.05, 3.63) is 69.9 Å². The van der Waals surface area contributed by atoms with E-state index < -0.39 is 0 Å². The Bertz CT molecular complexity index is 754. The number of amides is 1. The van der Waals surface area contributed by atoms with E-state index in [4.69, 9.17) is 0 Å². The van der Waals surface area contributed by atoms with Gasteiger partial charge in [0.25, 0.3) is 0 Å². The Balaban J connectivity index is 1.43. The van der Waals surface area contributed by atoms with E-state index in [1.165, 1.54) is 23.9 Å². The summed E-state index contributed by atoms with van der Waals surface area (Å²) in [6, 6.07) is 14.3. The molecule has 1 amide bonds. The normalized spacial score (nSPS) is 16.1. The lowest BCUT2D eigenvalue weighted by Gasteiger charge is -2.30. The van der Waals surface area contributed by atoms with Crippen molar-refractivity contribution in [3.63, 3.8) is 0 Å². The van der Waals surface area contributed by atoms with Crippen LogP contribution in [-0.4, -0.2) is 30.1 Å².